The highest BCUT2D eigenvalue weighted by molar-refractivity contribution is 9.10. The lowest BCUT2D eigenvalue weighted by Gasteiger charge is -1.99. The van der Waals surface area contributed by atoms with Crippen molar-refractivity contribution in [2.45, 2.75) is 6.42 Å². The van der Waals surface area contributed by atoms with Gasteiger partial charge in [0.1, 0.15) is 0 Å². The standard InChI is InChI=1S/C15H11Br2N3O/c16-11-3-1-2-9(6-11)7-14-19-15(21-20-14)10-4-5-13(18)12(17)8-10/h1-6,8H,7,18H2. The molecule has 1 heterocycles. The summed E-state index contributed by atoms with van der Waals surface area (Å²) in [5, 5.41) is 4.02. The lowest BCUT2D eigenvalue weighted by molar-refractivity contribution is 0.424. The van der Waals surface area contributed by atoms with E-state index in [1.807, 2.05) is 36.4 Å². The van der Waals surface area contributed by atoms with Crippen LogP contribution < -0.4 is 5.73 Å². The zero-order chi connectivity index (χ0) is 14.8. The first kappa shape index (κ1) is 14.3. The highest BCUT2D eigenvalue weighted by atomic mass is 79.9. The van der Waals surface area contributed by atoms with E-state index in [0.29, 0.717) is 23.8 Å². The normalized spacial score (nSPS) is 10.8. The van der Waals surface area contributed by atoms with E-state index in [0.717, 1.165) is 20.1 Å². The van der Waals surface area contributed by atoms with E-state index in [9.17, 15) is 0 Å². The van der Waals surface area contributed by atoms with Crippen molar-refractivity contribution in [3.8, 4) is 11.5 Å². The molecule has 0 aliphatic heterocycles. The second-order valence-electron chi connectivity index (χ2n) is 4.56. The number of aromatic nitrogens is 2. The van der Waals surface area contributed by atoms with E-state index in [1.54, 1.807) is 6.07 Å². The third-order valence-electron chi connectivity index (χ3n) is 2.97. The summed E-state index contributed by atoms with van der Waals surface area (Å²) in [5.41, 5.74) is 8.40. The Morgan fingerprint density at radius 1 is 1.10 bits per heavy atom. The molecule has 21 heavy (non-hydrogen) atoms. The number of nitrogens with two attached hydrogens (primary N) is 1. The Morgan fingerprint density at radius 3 is 2.71 bits per heavy atom. The van der Waals surface area contributed by atoms with Gasteiger partial charge in [-0.25, -0.2) is 0 Å². The summed E-state index contributed by atoms with van der Waals surface area (Å²) in [5.74, 6) is 1.14. The smallest absolute Gasteiger partial charge is 0.257 e. The van der Waals surface area contributed by atoms with Crippen molar-refractivity contribution in [2.75, 3.05) is 5.73 Å². The number of hydrogen-bond acceptors (Lipinski definition) is 4. The van der Waals surface area contributed by atoms with Crippen molar-refractivity contribution in [3.05, 3.63) is 62.8 Å². The van der Waals surface area contributed by atoms with Crippen molar-refractivity contribution in [1.82, 2.24) is 10.1 Å². The van der Waals surface area contributed by atoms with Crippen LogP contribution in [0.2, 0.25) is 0 Å². The molecule has 0 fully saturated rings. The maximum atomic E-state index is 5.77. The third kappa shape index (κ3) is 3.33. The van der Waals surface area contributed by atoms with Crippen molar-refractivity contribution in [3.63, 3.8) is 0 Å². The zero-order valence-electron chi connectivity index (χ0n) is 10.9. The fourth-order valence-electron chi connectivity index (χ4n) is 1.93. The van der Waals surface area contributed by atoms with Crippen molar-refractivity contribution >= 4 is 37.5 Å². The van der Waals surface area contributed by atoms with Crippen LogP contribution in [-0.4, -0.2) is 10.1 Å². The molecule has 3 aromatic rings. The molecule has 0 saturated heterocycles. The summed E-state index contributed by atoms with van der Waals surface area (Å²) < 4.78 is 7.16. The summed E-state index contributed by atoms with van der Waals surface area (Å²) in [6.45, 7) is 0. The minimum atomic E-state index is 0.487. The largest absolute Gasteiger partial charge is 0.398 e. The van der Waals surface area contributed by atoms with Gasteiger partial charge in [0.05, 0.1) is 0 Å². The van der Waals surface area contributed by atoms with E-state index in [-0.39, 0.29) is 0 Å². The van der Waals surface area contributed by atoms with Crippen LogP contribution in [0, 0.1) is 0 Å². The van der Waals surface area contributed by atoms with Gasteiger partial charge >= 0.3 is 0 Å². The summed E-state index contributed by atoms with van der Waals surface area (Å²) in [6.07, 6.45) is 0.624. The number of nitrogen functional groups attached to an aromatic ring is 1. The fraction of sp³-hybridized carbons (Fsp3) is 0.0667. The van der Waals surface area contributed by atoms with Gasteiger partial charge in [-0.2, -0.15) is 4.98 Å². The SMILES string of the molecule is Nc1ccc(-c2nc(Cc3cccc(Br)c3)no2)cc1Br. The van der Waals surface area contributed by atoms with Crippen LogP contribution in [-0.2, 0) is 6.42 Å². The molecule has 0 unspecified atom stereocenters. The van der Waals surface area contributed by atoms with Crippen LogP contribution in [0.4, 0.5) is 5.69 Å². The number of rotatable bonds is 3. The molecule has 0 bridgehead atoms. The predicted octanol–water partition coefficient (Wildman–Crippen LogP) is 4.43. The third-order valence-corrected chi connectivity index (χ3v) is 4.15. The maximum absolute atomic E-state index is 5.77. The van der Waals surface area contributed by atoms with E-state index >= 15 is 0 Å². The van der Waals surface area contributed by atoms with Crippen LogP contribution in [0.5, 0.6) is 0 Å². The zero-order valence-corrected chi connectivity index (χ0v) is 14.1. The number of halogens is 2. The molecule has 3 rings (SSSR count). The molecule has 0 radical (unpaired) electrons. The average molecular weight is 409 g/mol. The van der Waals surface area contributed by atoms with Crippen molar-refractivity contribution in [2.24, 2.45) is 0 Å². The average Bonchev–Trinajstić information content (AvgIpc) is 2.90. The Balaban J connectivity index is 1.84. The first-order chi connectivity index (χ1) is 10.1. The lowest BCUT2D eigenvalue weighted by Crippen LogP contribution is -1.91. The summed E-state index contributed by atoms with van der Waals surface area (Å²) in [6, 6.07) is 13.6. The maximum Gasteiger partial charge on any atom is 0.257 e. The molecular weight excluding hydrogens is 398 g/mol. The monoisotopic (exact) mass is 407 g/mol. The molecule has 106 valence electrons. The fourth-order valence-corrected chi connectivity index (χ4v) is 2.76. The predicted molar refractivity (Wildman–Crippen MR) is 88.8 cm³/mol. The Labute approximate surface area is 138 Å². The Bertz CT molecular complexity index is 786. The first-order valence-electron chi connectivity index (χ1n) is 6.24. The molecular formula is C15H11Br2N3O. The van der Waals surface area contributed by atoms with Gasteiger partial charge in [-0.3, -0.25) is 0 Å². The van der Waals surface area contributed by atoms with Crippen LogP contribution in [0.15, 0.2) is 55.9 Å². The van der Waals surface area contributed by atoms with E-state index in [1.165, 1.54) is 0 Å². The molecule has 0 saturated carbocycles. The molecule has 2 aromatic carbocycles. The number of benzene rings is 2. The van der Waals surface area contributed by atoms with Gasteiger partial charge in [-0.1, -0.05) is 33.2 Å². The molecule has 6 heteroatoms. The quantitative estimate of drug-likeness (QED) is 0.650. The van der Waals surface area contributed by atoms with E-state index < -0.39 is 0 Å². The van der Waals surface area contributed by atoms with Gasteiger partial charge in [0.15, 0.2) is 5.82 Å². The minimum Gasteiger partial charge on any atom is -0.398 e. The highest BCUT2D eigenvalue weighted by Gasteiger charge is 2.10. The van der Waals surface area contributed by atoms with Crippen LogP contribution in [0.1, 0.15) is 11.4 Å². The van der Waals surface area contributed by atoms with Gasteiger partial charge in [0.2, 0.25) is 0 Å². The van der Waals surface area contributed by atoms with Gasteiger partial charge in [-0.05, 0) is 51.8 Å². The summed E-state index contributed by atoms with van der Waals surface area (Å²) >= 11 is 6.84. The molecule has 0 amide bonds. The molecule has 4 nitrogen and oxygen atoms in total. The Kier molecular flexibility index (Phi) is 4.07. The van der Waals surface area contributed by atoms with Crippen LogP contribution in [0.25, 0.3) is 11.5 Å². The van der Waals surface area contributed by atoms with E-state index in [2.05, 4.69) is 42.0 Å². The molecule has 1 aromatic heterocycles. The summed E-state index contributed by atoms with van der Waals surface area (Å²) in [4.78, 5) is 4.42. The first-order valence-corrected chi connectivity index (χ1v) is 7.83. The molecule has 0 aliphatic carbocycles. The molecule has 0 aliphatic rings. The molecule has 0 spiro atoms. The van der Waals surface area contributed by atoms with Gasteiger partial charge in [0, 0.05) is 26.6 Å². The van der Waals surface area contributed by atoms with Gasteiger partial charge < -0.3 is 10.3 Å². The second kappa shape index (κ2) is 5.99. The molecule has 0 atom stereocenters. The summed E-state index contributed by atoms with van der Waals surface area (Å²) in [7, 11) is 0. The van der Waals surface area contributed by atoms with Crippen molar-refractivity contribution in [1.29, 1.82) is 0 Å². The lowest BCUT2D eigenvalue weighted by atomic mass is 10.1. The van der Waals surface area contributed by atoms with Gasteiger partial charge in [0.25, 0.3) is 5.89 Å². The minimum absolute atomic E-state index is 0.487. The number of nitrogens with zero attached hydrogens (tertiary/aromatic N) is 2. The number of anilines is 1. The van der Waals surface area contributed by atoms with Crippen molar-refractivity contribution < 1.29 is 4.52 Å². The highest BCUT2D eigenvalue weighted by Crippen LogP contribution is 2.26. The second-order valence-corrected chi connectivity index (χ2v) is 6.33. The Morgan fingerprint density at radius 2 is 1.95 bits per heavy atom. The molecule has 2 N–H and O–H groups in total. The van der Waals surface area contributed by atoms with Gasteiger partial charge in [-0.15, -0.1) is 0 Å². The van der Waals surface area contributed by atoms with E-state index in [4.69, 9.17) is 10.3 Å². The Hall–Kier alpha value is -1.66. The number of hydrogen-bond donors (Lipinski definition) is 1. The topological polar surface area (TPSA) is 64.9 Å². The van der Waals surface area contributed by atoms with Crippen LogP contribution in [0.3, 0.4) is 0 Å². The van der Waals surface area contributed by atoms with Crippen LogP contribution >= 0.6 is 31.9 Å².